The molecule has 0 fully saturated rings. The predicted octanol–water partition coefficient (Wildman–Crippen LogP) is 4.19. The maximum Gasteiger partial charge on any atom is 0.126 e. The van der Waals surface area contributed by atoms with Crippen molar-refractivity contribution in [3.8, 4) is 0 Å². The second kappa shape index (κ2) is 5.61. The van der Waals surface area contributed by atoms with Crippen LogP contribution >= 0.6 is 27.3 Å². The van der Waals surface area contributed by atoms with Gasteiger partial charge in [-0.1, -0.05) is 27.7 Å². The molecule has 0 spiro atoms. The molecule has 0 aliphatic carbocycles. The molecular weight excluding hydrogens is 286 g/mol. The molecule has 0 bridgehead atoms. The summed E-state index contributed by atoms with van der Waals surface area (Å²) in [5.41, 5.74) is -0.765. The minimum atomic E-state index is -0.765. The Hall–Kier alpha value is 0.0700. The van der Waals surface area contributed by atoms with Gasteiger partial charge in [0.2, 0.25) is 0 Å². The highest BCUT2D eigenvalue weighted by atomic mass is 79.9. The second-order valence-electron chi connectivity index (χ2n) is 5.20. The predicted molar refractivity (Wildman–Crippen MR) is 72.6 cm³/mol. The lowest BCUT2D eigenvalue weighted by Gasteiger charge is -2.29. The highest BCUT2D eigenvalue weighted by Crippen LogP contribution is 2.37. The molecule has 4 heteroatoms. The number of hydrogen-bond acceptors (Lipinski definition) is 3. The largest absolute Gasteiger partial charge is 0.383 e. The lowest BCUT2D eigenvalue weighted by atomic mass is 9.85. The van der Waals surface area contributed by atoms with Crippen LogP contribution in [0.2, 0.25) is 0 Å². The van der Waals surface area contributed by atoms with Crippen LogP contribution in [-0.2, 0) is 5.60 Å². The molecular formula is C12H20BrNOS. The van der Waals surface area contributed by atoms with Crippen molar-refractivity contribution < 1.29 is 5.11 Å². The monoisotopic (exact) mass is 305 g/mol. The third kappa shape index (κ3) is 3.82. The summed E-state index contributed by atoms with van der Waals surface area (Å²) in [6, 6.07) is 0. The zero-order valence-electron chi connectivity index (χ0n) is 10.3. The van der Waals surface area contributed by atoms with Crippen LogP contribution in [0.25, 0.3) is 0 Å². The average molecular weight is 306 g/mol. The average Bonchev–Trinajstić information content (AvgIpc) is 2.48. The maximum absolute atomic E-state index is 10.8. The highest BCUT2D eigenvalue weighted by molar-refractivity contribution is 9.10. The summed E-state index contributed by atoms with van der Waals surface area (Å²) < 4.78 is 0.818. The van der Waals surface area contributed by atoms with Crippen LogP contribution in [0.3, 0.4) is 0 Å². The summed E-state index contributed by atoms with van der Waals surface area (Å²) in [4.78, 5) is 4.37. The molecule has 0 amide bonds. The SMILES string of the molecule is CC(C)CC(O)(CC(C)C)c1nc(Br)cs1. The molecule has 0 radical (unpaired) electrons. The van der Waals surface area contributed by atoms with E-state index >= 15 is 0 Å². The van der Waals surface area contributed by atoms with E-state index in [0.29, 0.717) is 11.8 Å². The van der Waals surface area contributed by atoms with Crippen LogP contribution in [-0.4, -0.2) is 10.1 Å². The molecule has 0 aliphatic heterocycles. The summed E-state index contributed by atoms with van der Waals surface area (Å²) in [6.07, 6.45) is 1.54. The van der Waals surface area contributed by atoms with Crippen molar-refractivity contribution >= 4 is 27.3 Å². The van der Waals surface area contributed by atoms with Crippen molar-refractivity contribution in [2.24, 2.45) is 11.8 Å². The Morgan fingerprint density at radius 1 is 1.31 bits per heavy atom. The number of halogens is 1. The summed E-state index contributed by atoms with van der Waals surface area (Å²) in [5, 5.41) is 13.5. The normalized spacial score (nSPS) is 12.8. The molecule has 16 heavy (non-hydrogen) atoms. The summed E-state index contributed by atoms with van der Waals surface area (Å²) in [6.45, 7) is 8.53. The van der Waals surface area contributed by atoms with Gasteiger partial charge in [0.05, 0.1) is 0 Å². The zero-order valence-corrected chi connectivity index (χ0v) is 12.7. The fourth-order valence-electron chi connectivity index (χ4n) is 2.08. The van der Waals surface area contributed by atoms with Crippen molar-refractivity contribution in [1.82, 2.24) is 4.98 Å². The second-order valence-corrected chi connectivity index (χ2v) is 6.87. The molecule has 1 aromatic heterocycles. The number of rotatable bonds is 5. The van der Waals surface area contributed by atoms with Crippen molar-refractivity contribution in [2.75, 3.05) is 0 Å². The van der Waals surface area contributed by atoms with Gasteiger partial charge in [0.1, 0.15) is 15.2 Å². The summed E-state index contributed by atoms with van der Waals surface area (Å²) in [5.74, 6) is 0.929. The van der Waals surface area contributed by atoms with Crippen LogP contribution in [0.15, 0.2) is 9.98 Å². The van der Waals surface area contributed by atoms with Gasteiger partial charge in [-0.05, 0) is 40.6 Å². The van der Waals surface area contributed by atoms with Gasteiger partial charge in [-0.15, -0.1) is 11.3 Å². The van der Waals surface area contributed by atoms with Crippen LogP contribution in [0.4, 0.5) is 0 Å². The first-order valence-electron chi connectivity index (χ1n) is 5.67. The first kappa shape index (κ1) is 14.1. The van der Waals surface area contributed by atoms with E-state index in [2.05, 4.69) is 48.6 Å². The van der Waals surface area contributed by atoms with Crippen molar-refractivity contribution in [2.45, 2.75) is 46.1 Å². The molecule has 1 aromatic rings. The van der Waals surface area contributed by atoms with Crippen LogP contribution in [0, 0.1) is 11.8 Å². The Kier molecular flexibility index (Phi) is 4.95. The standard InChI is InChI=1S/C12H20BrNOS/c1-8(2)5-12(15,6-9(3)4)11-14-10(13)7-16-11/h7-9,15H,5-6H2,1-4H3. The molecule has 0 unspecified atom stereocenters. The highest BCUT2D eigenvalue weighted by Gasteiger charge is 2.33. The van der Waals surface area contributed by atoms with Gasteiger partial charge in [0, 0.05) is 5.38 Å². The van der Waals surface area contributed by atoms with Gasteiger partial charge in [-0.25, -0.2) is 4.98 Å². The number of aromatic nitrogens is 1. The van der Waals surface area contributed by atoms with Crippen LogP contribution in [0.5, 0.6) is 0 Å². The van der Waals surface area contributed by atoms with Gasteiger partial charge in [0.15, 0.2) is 0 Å². The number of hydrogen-bond donors (Lipinski definition) is 1. The third-order valence-corrected chi connectivity index (χ3v) is 4.11. The molecule has 1 N–H and O–H groups in total. The third-order valence-electron chi connectivity index (χ3n) is 2.37. The van der Waals surface area contributed by atoms with E-state index in [1.807, 2.05) is 5.38 Å². The van der Waals surface area contributed by atoms with Crippen molar-refractivity contribution in [3.63, 3.8) is 0 Å². The zero-order chi connectivity index (χ0) is 12.3. The van der Waals surface area contributed by atoms with E-state index in [4.69, 9.17) is 0 Å². The minimum absolute atomic E-state index is 0.464. The Bertz CT molecular complexity index is 326. The van der Waals surface area contributed by atoms with E-state index in [-0.39, 0.29) is 0 Å². The van der Waals surface area contributed by atoms with Crippen LogP contribution < -0.4 is 0 Å². The Labute approximate surface area is 110 Å². The van der Waals surface area contributed by atoms with E-state index in [9.17, 15) is 5.11 Å². The molecule has 0 aliphatic rings. The maximum atomic E-state index is 10.8. The minimum Gasteiger partial charge on any atom is -0.383 e. The Balaban J connectivity index is 2.94. The molecule has 1 heterocycles. The summed E-state index contributed by atoms with van der Waals surface area (Å²) >= 11 is 4.88. The lowest BCUT2D eigenvalue weighted by Crippen LogP contribution is -2.29. The van der Waals surface area contributed by atoms with Crippen molar-refractivity contribution in [1.29, 1.82) is 0 Å². The quantitative estimate of drug-likeness (QED) is 0.885. The molecule has 0 saturated heterocycles. The van der Waals surface area contributed by atoms with E-state index in [1.54, 1.807) is 0 Å². The topological polar surface area (TPSA) is 33.1 Å². The Morgan fingerprint density at radius 2 is 1.81 bits per heavy atom. The molecule has 0 saturated carbocycles. The summed E-state index contributed by atoms with van der Waals surface area (Å²) in [7, 11) is 0. The number of nitrogens with zero attached hydrogens (tertiary/aromatic N) is 1. The van der Waals surface area contributed by atoms with Gasteiger partial charge in [-0.3, -0.25) is 0 Å². The van der Waals surface area contributed by atoms with E-state index in [0.717, 1.165) is 22.5 Å². The lowest BCUT2D eigenvalue weighted by molar-refractivity contribution is -0.00476. The van der Waals surface area contributed by atoms with Crippen LogP contribution in [0.1, 0.15) is 45.5 Å². The smallest absolute Gasteiger partial charge is 0.126 e. The molecule has 0 aromatic carbocycles. The molecule has 0 atom stereocenters. The van der Waals surface area contributed by atoms with Crippen molar-refractivity contribution in [3.05, 3.63) is 15.0 Å². The first-order chi connectivity index (χ1) is 7.33. The van der Waals surface area contributed by atoms with Gasteiger partial charge in [0.25, 0.3) is 0 Å². The Morgan fingerprint density at radius 3 is 2.12 bits per heavy atom. The van der Waals surface area contributed by atoms with Gasteiger partial charge >= 0.3 is 0 Å². The van der Waals surface area contributed by atoms with E-state index < -0.39 is 5.60 Å². The fraction of sp³-hybridized carbons (Fsp3) is 0.750. The van der Waals surface area contributed by atoms with Gasteiger partial charge < -0.3 is 5.11 Å². The van der Waals surface area contributed by atoms with Gasteiger partial charge in [-0.2, -0.15) is 0 Å². The number of thiazole rings is 1. The number of aliphatic hydroxyl groups is 1. The fourth-order valence-corrected chi connectivity index (χ4v) is 3.45. The molecule has 2 nitrogen and oxygen atoms in total. The first-order valence-corrected chi connectivity index (χ1v) is 7.34. The molecule has 92 valence electrons. The molecule has 1 rings (SSSR count). The van der Waals surface area contributed by atoms with E-state index in [1.165, 1.54) is 11.3 Å².